The van der Waals surface area contributed by atoms with Crippen LogP contribution in [0.25, 0.3) is 10.8 Å². The van der Waals surface area contributed by atoms with Crippen molar-refractivity contribution in [3.63, 3.8) is 0 Å². The van der Waals surface area contributed by atoms with Gasteiger partial charge in [0.2, 0.25) is 11.8 Å². The van der Waals surface area contributed by atoms with Crippen molar-refractivity contribution in [3.05, 3.63) is 84.4 Å². The van der Waals surface area contributed by atoms with Crippen LogP contribution in [0.2, 0.25) is 0 Å². The van der Waals surface area contributed by atoms with Crippen LogP contribution in [0.4, 0.5) is 4.79 Å². The van der Waals surface area contributed by atoms with Crippen molar-refractivity contribution in [1.29, 1.82) is 0 Å². The van der Waals surface area contributed by atoms with E-state index in [1.807, 2.05) is 6.07 Å². The van der Waals surface area contributed by atoms with Crippen LogP contribution in [0.15, 0.2) is 78.9 Å². The van der Waals surface area contributed by atoms with Crippen molar-refractivity contribution < 1.29 is 43.3 Å². The highest BCUT2D eigenvalue weighted by Gasteiger charge is 2.30. The molecule has 0 radical (unpaired) electrons. The Balaban J connectivity index is 0.000000585. The highest BCUT2D eigenvalue weighted by Crippen LogP contribution is 2.11. The van der Waals surface area contributed by atoms with E-state index in [2.05, 4.69) is 69.2 Å². The normalized spacial score (nSPS) is 12.4. The summed E-state index contributed by atoms with van der Waals surface area (Å²) in [5.74, 6) is -4.80. The molecule has 3 aromatic rings. The molecule has 12 heteroatoms. The summed E-state index contributed by atoms with van der Waals surface area (Å²) < 4.78 is 9.69. The van der Waals surface area contributed by atoms with E-state index in [9.17, 15) is 28.8 Å². The molecule has 0 saturated carbocycles. The van der Waals surface area contributed by atoms with Gasteiger partial charge in [-0.05, 0) is 29.2 Å². The van der Waals surface area contributed by atoms with E-state index in [1.165, 1.54) is 17.7 Å². The molecule has 3 unspecified atom stereocenters. The van der Waals surface area contributed by atoms with Crippen LogP contribution >= 0.6 is 0 Å². The average Bonchev–Trinajstić information content (AvgIpc) is 3.01. The molecular weight excluding hydrogens is 582 g/mol. The smallest absolute Gasteiger partial charge is 0.408 e. The number of hydrogen-bond acceptors (Lipinski definition) is 8. The van der Waals surface area contributed by atoms with Gasteiger partial charge in [0.15, 0.2) is 12.4 Å². The predicted octanol–water partition coefficient (Wildman–Crippen LogP) is 3.37. The molecule has 4 N–H and O–H groups in total. The van der Waals surface area contributed by atoms with Crippen LogP contribution in [0.3, 0.4) is 0 Å². The first-order valence-electron chi connectivity index (χ1n) is 14.3. The maximum atomic E-state index is 12.7. The summed E-state index contributed by atoms with van der Waals surface area (Å²) in [4.78, 5) is 71.5. The topological polar surface area (TPSA) is 177 Å². The van der Waals surface area contributed by atoms with Gasteiger partial charge in [0, 0.05) is 6.92 Å². The lowest BCUT2D eigenvalue weighted by atomic mass is 10.0. The zero-order valence-electron chi connectivity index (χ0n) is 25.6. The molecule has 0 saturated heterocycles. The SMILES string of the molecule is CC(=O)OCC(=O)C(CC(=O)O)NC(=O)C(C)NC(=O)C(NC(=O)OCc1ccccc1)C(C)C.c1ccc2ccccc2c1. The Hall–Kier alpha value is -5.26. The molecular formula is C33H39N3O9. The molecule has 12 nitrogen and oxygen atoms in total. The number of rotatable bonds is 13. The molecule has 0 aliphatic rings. The monoisotopic (exact) mass is 621 g/mol. The van der Waals surface area contributed by atoms with Gasteiger partial charge in [-0.1, -0.05) is 92.7 Å². The Labute approximate surface area is 261 Å². The van der Waals surface area contributed by atoms with Gasteiger partial charge in [0.1, 0.15) is 24.7 Å². The molecule has 45 heavy (non-hydrogen) atoms. The number of ether oxygens (including phenoxy) is 2. The summed E-state index contributed by atoms with van der Waals surface area (Å²) in [5, 5.41) is 18.7. The van der Waals surface area contributed by atoms with E-state index in [1.54, 1.807) is 38.1 Å². The molecule has 3 rings (SSSR count). The van der Waals surface area contributed by atoms with Crippen LogP contribution in [-0.2, 0) is 40.1 Å². The van der Waals surface area contributed by atoms with Gasteiger partial charge in [-0.3, -0.25) is 24.0 Å². The van der Waals surface area contributed by atoms with E-state index < -0.39 is 66.8 Å². The van der Waals surface area contributed by atoms with Crippen molar-refractivity contribution in [2.45, 2.75) is 58.8 Å². The first-order chi connectivity index (χ1) is 21.4. The number of benzene rings is 3. The number of carbonyl (C=O) groups is 6. The quantitative estimate of drug-likeness (QED) is 0.208. The summed E-state index contributed by atoms with van der Waals surface area (Å²) in [6.45, 7) is 5.06. The van der Waals surface area contributed by atoms with Crippen molar-refractivity contribution in [2.24, 2.45) is 5.92 Å². The molecule has 0 heterocycles. The molecule has 0 aliphatic carbocycles. The van der Waals surface area contributed by atoms with Crippen molar-refractivity contribution in [1.82, 2.24) is 16.0 Å². The Kier molecular flexibility index (Phi) is 14.7. The van der Waals surface area contributed by atoms with E-state index in [0.717, 1.165) is 12.5 Å². The molecule has 3 aromatic carbocycles. The number of amides is 3. The third-order valence-electron chi connectivity index (χ3n) is 6.35. The van der Waals surface area contributed by atoms with E-state index in [0.29, 0.717) is 0 Å². The summed E-state index contributed by atoms with van der Waals surface area (Å²) >= 11 is 0. The number of nitrogens with one attached hydrogen (secondary N) is 3. The Morgan fingerprint density at radius 3 is 1.73 bits per heavy atom. The minimum atomic E-state index is -1.47. The number of aliphatic carboxylic acids is 1. The Bertz CT molecular complexity index is 1390. The van der Waals surface area contributed by atoms with E-state index in [-0.39, 0.29) is 12.5 Å². The van der Waals surface area contributed by atoms with Crippen LogP contribution < -0.4 is 16.0 Å². The van der Waals surface area contributed by atoms with Crippen molar-refractivity contribution >= 4 is 46.4 Å². The predicted molar refractivity (Wildman–Crippen MR) is 166 cm³/mol. The first kappa shape index (κ1) is 35.9. The number of hydrogen-bond donors (Lipinski definition) is 4. The largest absolute Gasteiger partial charge is 0.481 e. The highest BCUT2D eigenvalue weighted by molar-refractivity contribution is 5.96. The number of carbonyl (C=O) groups excluding carboxylic acids is 5. The number of carboxylic acid groups (broad SMARTS) is 1. The van der Waals surface area contributed by atoms with Gasteiger partial charge in [-0.25, -0.2) is 4.79 Å². The lowest BCUT2D eigenvalue weighted by Gasteiger charge is -2.24. The van der Waals surface area contributed by atoms with Gasteiger partial charge in [0.25, 0.3) is 0 Å². The van der Waals surface area contributed by atoms with Crippen LogP contribution in [0, 0.1) is 5.92 Å². The Morgan fingerprint density at radius 2 is 1.24 bits per heavy atom. The first-order valence-corrected chi connectivity index (χ1v) is 14.3. The maximum Gasteiger partial charge on any atom is 0.408 e. The summed E-state index contributed by atoms with van der Waals surface area (Å²) in [6.07, 6.45) is -1.56. The second kappa shape index (κ2) is 18.4. The Morgan fingerprint density at radius 1 is 0.711 bits per heavy atom. The zero-order valence-corrected chi connectivity index (χ0v) is 25.6. The molecule has 0 spiro atoms. The fourth-order valence-corrected chi connectivity index (χ4v) is 3.92. The summed E-state index contributed by atoms with van der Waals surface area (Å²) in [5.41, 5.74) is 0.762. The van der Waals surface area contributed by atoms with Gasteiger partial charge in [-0.15, -0.1) is 0 Å². The number of esters is 1. The number of carboxylic acids is 1. The minimum Gasteiger partial charge on any atom is -0.481 e. The molecule has 3 amide bonds. The number of Topliss-reactive ketones (excluding diaryl/α,β-unsaturated/α-hetero) is 1. The van der Waals surface area contributed by atoms with Gasteiger partial charge < -0.3 is 30.5 Å². The fraction of sp³-hybridized carbons (Fsp3) is 0.333. The van der Waals surface area contributed by atoms with Gasteiger partial charge >= 0.3 is 18.0 Å². The molecule has 0 aliphatic heterocycles. The standard InChI is InChI=1S/C23H31N3O9.C10H8/c1-13(2)20(26-23(33)35-11-16-8-6-5-7-9-16)22(32)24-14(3)21(31)25-17(10-19(29)30)18(28)12-34-15(4)27;1-2-6-10-8-4-3-7-9(10)5-1/h5-9,13-14,17,20H,10-12H2,1-4H3,(H,24,32)(H,25,31)(H,26,33)(H,29,30);1-8H. The third kappa shape index (κ3) is 13.3. The fourth-order valence-electron chi connectivity index (χ4n) is 3.92. The second-order valence-electron chi connectivity index (χ2n) is 10.4. The molecule has 0 fully saturated rings. The molecule has 240 valence electrons. The highest BCUT2D eigenvalue weighted by atomic mass is 16.5. The number of ketones is 1. The lowest BCUT2D eigenvalue weighted by molar-refractivity contribution is -0.147. The molecule has 0 aromatic heterocycles. The molecule has 0 bridgehead atoms. The van der Waals surface area contributed by atoms with Crippen LogP contribution in [0.1, 0.15) is 39.7 Å². The number of fused-ring (bicyclic) bond motifs is 1. The van der Waals surface area contributed by atoms with Crippen molar-refractivity contribution in [2.75, 3.05) is 6.61 Å². The minimum absolute atomic E-state index is 0.00422. The average molecular weight is 622 g/mol. The summed E-state index contributed by atoms with van der Waals surface area (Å²) in [7, 11) is 0. The maximum absolute atomic E-state index is 12.7. The lowest BCUT2D eigenvalue weighted by Crippen LogP contribution is -2.56. The van der Waals surface area contributed by atoms with E-state index in [4.69, 9.17) is 9.84 Å². The van der Waals surface area contributed by atoms with Gasteiger partial charge in [-0.2, -0.15) is 0 Å². The van der Waals surface area contributed by atoms with Crippen molar-refractivity contribution in [3.8, 4) is 0 Å². The molecule has 3 atom stereocenters. The second-order valence-corrected chi connectivity index (χ2v) is 10.4. The zero-order chi connectivity index (χ0) is 33.4. The third-order valence-corrected chi connectivity index (χ3v) is 6.35. The van der Waals surface area contributed by atoms with Crippen LogP contribution in [0.5, 0.6) is 0 Å². The van der Waals surface area contributed by atoms with E-state index >= 15 is 0 Å². The van der Waals surface area contributed by atoms with Gasteiger partial charge in [0.05, 0.1) is 6.42 Å². The van der Waals surface area contributed by atoms with Crippen LogP contribution in [-0.4, -0.2) is 65.5 Å². The number of alkyl carbamates (subject to hydrolysis) is 1. The summed E-state index contributed by atoms with van der Waals surface area (Å²) in [6, 6.07) is 22.0.